The lowest BCUT2D eigenvalue weighted by atomic mass is 10.3. The van der Waals surface area contributed by atoms with Gasteiger partial charge in [0.2, 0.25) is 0 Å². The molecule has 0 aliphatic heterocycles. The summed E-state index contributed by atoms with van der Waals surface area (Å²) < 4.78 is 0. The monoisotopic (exact) mass is 232 g/mol. The minimum Gasteiger partial charge on any atom is -0.383 e. The molecule has 0 atom stereocenters. The Labute approximate surface area is 98.3 Å². The number of nitrogens with two attached hydrogens (primary N) is 1. The van der Waals surface area contributed by atoms with Crippen molar-refractivity contribution >= 4 is 29.1 Å². The predicted molar refractivity (Wildman–Crippen MR) is 68.0 cm³/mol. The molecule has 1 aromatic carbocycles. The first kappa shape index (κ1) is 10.8. The summed E-state index contributed by atoms with van der Waals surface area (Å²) in [7, 11) is 0. The van der Waals surface area contributed by atoms with Crippen LogP contribution in [-0.2, 0) is 0 Å². The van der Waals surface area contributed by atoms with E-state index >= 15 is 0 Å². The lowest BCUT2D eigenvalue weighted by Crippen LogP contribution is -1.99. The van der Waals surface area contributed by atoms with Gasteiger partial charge >= 0.3 is 0 Å². The highest BCUT2D eigenvalue weighted by molar-refractivity contribution is 7.98. The largest absolute Gasteiger partial charge is 0.383 e. The number of nitrogens with zero attached hydrogens (tertiary/aromatic N) is 2. The minimum absolute atomic E-state index is 0.470. The van der Waals surface area contributed by atoms with E-state index in [4.69, 9.17) is 5.73 Å². The molecule has 4 nitrogen and oxygen atoms in total. The summed E-state index contributed by atoms with van der Waals surface area (Å²) in [6, 6.07) is 11.5. The van der Waals surface area contributed by atoms with Crippen LogP contribution in [0.5, 0.6) is 0 Å². The van der Waals surface area contributed by atoms with E-state index in [2.05, 4.69) is 15.3 Å². The SMILES string of the molecule is CSc1nc(N)cc(Nc2ccccc2)n1. The van der Waals surface area contributed by atoms with Crippen LogP contribution in [0.3, 0.4) is 0 Å². The fraction of sp³-hybridized carbons (Fsp3) is 0.0909. The summed E-state index contributed by atoms with van der Waals surface area (Å²) in [6.45, 7) is 0. The Bertz CT molecular complexity index is 473. The van der Waals surface area contributed by atoms with E-state index in [1.165, 1.54) is 11.8 Å². The highest BCUT2D eigenvalue weighted by Crippen LogP contribution is 2.18. The Kier molecular flexibility index (Phi) is 3.26. The number of aromatic nitrogens is 2. The van der Waals surface area contributed by atoms with Gasteiger partial charge in [-0.15, -0.1) is 0 Å². The molecule has 0 amide bonds. The van der Waals surface area contributed by atoms with E-state index < -0.39 is 0 Å². The number of anilines is 3. The molecular weight excluding hydrogens is 220 g/mol. The van der Waals surface area contributed by atoms with Crippen molar-refractivity contribution in [2.45, 2.75) is 5.16 Å². The van der Waals surface area contributed by atoms with Crippen LogP contribution in [0.1, 0.15) is 0 Å². The number of nitrogens with one attached hydrogen (secondary N) is 1. The number of hydrogen-bond donors (Lipinski definition) is 2. The van der Waals surface area contributed by atoms with Crippen LogP contribution in [0.2, 0.25) is 0 Å². The average molecular weight is 232 g/mol. The van der Waals surface area contributed by atoms with Crippen LogP contribution in [0.25, 0.3) is 0 Å². The van der Waals surface area contributed by atoms with Gasteiger partial charge in [-0.2, -0.15) is 0 Å². The molecular formula is C11H12N4S. The van der Waals surface area contributed by atoms with Gasteiger partial charge in [-0.05, 0) is 18.4 Å². The molecule has 16 heavy (non-hydrogen) atoms. The van der Waals surface area contributed by atoms with Crippen molar-refractivity contribution in [3.8, 4) is 0 Å². The second-order valence-corrected chi connectivity index (χ2v) is 3.93. The smallest absolute Gasteiger partial charge is 0.191 e. The highest BCUT2D eigenvalue weighted by atomic mass is 32.2. The van der Waals surface area contributed by atoms with Crippen LogP contribution < -0.4 is 11.1 Å². The predicted octanol–water partition coefficient (Wildman–Crippen LogP) is 2.52. The van der Waals surface area contributed by atoms with Crippen molar-refractivity contribution in [1.82, 2.24) is 9.97 Å². The third kappa shape index (κ3) is 2.64. The average Bonchev–Trinajstić information content (AvgIpc) is 2.29. The molecule has 0 fully saturated rings. The van der Waals surface area contributed by atoms with Crippen molar-refractivity contribution in [2.24, 2.45) is 0 Å². The van der Waals surface area contributed by atoms with Crippen molar-refractivity contribution < 1.29 is 0 Å². The third-order valence-electron chi connectivity index (χ3n) is 1.95. The third-order valence-corrected chi connectivity index (χ3v) is 2.50. The van der Waals surface area contributed by atoms with E-state index in [1.807, 2.05) is 36.6 Å². The molecule has 0 radical (unpaired) electrons. The lowest BCUT2D eigenvalue weighted by Gasteiger charge is -2.06. The van der Waals surface area contributed by atoms with Gasteiger partial charge in [-0.3, -0.25) is 0 Å². The van der Waals surface area contributed by atoms with E-state index in [1.54, 1.807) is 6.07 Å². The lowest BCUT2D eigenvalue weighted by molar-refractivity contribution is 0.984. The molecule has 0 aliphatic rings. The van der Waals surface area contributed by atoms with Gasteiger partial charge in [-0.1, -0.05) is 30.0 Å². The van der Waals surface area contributed by atoms with E-state index in [0.717, 1.165) is 5.69 Å². The minimum atomic E-state index is 0.470. The van der Waals surface area contributed by atoms with Gasteiger partial charge in [0.15, 0.2) is 5.16 Å². The molecule has 2 rings (SSSR count). The molecule has 1 aromatic heterocycles. The van der Waals surface area contributed by atoms with Crippen LogP contribution in [0, 0.1) is 0 Å². The standard InChI is InChI=1S/C11H12N4S/c1-16-11-14-9(12)7-10(15-11)13-8-5-3-2-4-6-8/h2-7H,1H3,(H3,12,13,14,15). The molecule has 0 spiro atoms. The molecule has 2 aromatic rings. The number of hydrogen-bond acceptors (Lipinski definition) is 5. The quantitative estimate of drug-likeness (QED) is 0.629. The van der Waals surface area contributed by atoms with Gasteiger partial charge in [0.1, 0.15) is 11.6 Å². The number of para-hydroxylation sites is 1. The molecule has 0 saturated carbocycles. The van der Waals surface area contributed by atoms with Crippen LogP contribution in [-0.4, -0.2) is 16.2 Å². The maximum Gasteiger partial charge on any atom is 0.191 e. The normalized spacial score (nSPS) is 10.1. The maximum absolute atomic E-state index is 5.68. The first-order valence-electron chi connectivity index (χ1n) is 4.78. The molecule has 0 bridgehead atoms. The second kappa shape index (κ2) is 4.85. The molecule has 3 N–H and O–H groups in total. The molecule has 82 valence electrons. The summed E-state index contributed by atoms with van der Waals surface area (Å²) >= 11 is 1.47. The molecule has 1 heterocycles. The maximum atomic E-state index is 5.68. The van der Waals surface area contributed by atoms with Crippen molar-refractivity contribution in [3.05, 3.63) is 36.4 Å². The van der Waals surface area contributed by atoms with E-state index in [9.17, 15) is 0 Å². The Morgan fingerprint density at radius 3 is 2.62 bits per heavy atom. The van der Waals surface area contributed by atoms with Crippen molar-refractivity contribution in [3.63, 3.8) is 0 Å². The van der Waals surface area contributed by atoms with E-state index in [-0.39, 0.29) is 0 Å². The summed E-state index contributed by atoms with van der Waals surface area (Å²) in [5, 5.41) is 3.84. The second-order valence-electron chi connectivity index (χ2n) is 3.16. The van der Waals surface area contributed by atoms with E-state index in [0.29, 0.717) is 16.8 Å². The molecule has 0 aliphatic carbocycles. The van der Waals surface area contributed by atoms with Gasteiger partial charge in [0, 0.05) is 11.8 Å². The zero-order valence-corrected chi connectivity index (χ0v) is 9.66. The van der Waals surface area contributed by atoms with Gasteiger partial charge < -0.3 is 11.1 Å². The summed E-state index contributed by atoms with van der Waals surface area (Å²) in [6.07, 6.45) is 1.92. The first-order chi connectivity index (χ1) is 7.78. The highest BCUT2D eigenvalue weighted by Gasteiger charge is 2.01. The van der Waals surface area contributed by atoms with Gasteiger partial charge in [0.25, 0.3) is 0 Å². The van der Waals surface area contributed by atoms with Crippen LogP contribution in [0.4, 0.5) is 17.3 Å². The van der Waals surface area contributed by atoms with Crippen LogP contribution in [0.15, 0.2) is 41.6 Å². The Morgan fingerprint density at radius 1 is 1.19 bits per heavy atom. The van der Waals surface area contributed by atoms with Gasteiger partial charge in [-0.25, -0.2) is 9.97 Å². The zero-order chi connectivity index (χ0) is 11.4. The summed E-state index contributed by atoms with van der Waals surface area (Å²) in [5.74, 6) is 1.18. The summed E-state index contributed by atoms with van der Waals surface area (Å²) in [5.41, 5.74) is 6.66. The summed E-state index contributed by atoms with van der Waals surface area (Å²) in [4.78, 5) is 8.39. The number of nitrogen functional groups attached to an aromatic ring is 1. The van der Waals surface area contributed by atoms with Crippen LogP contribution >= 0.6 is 11.8 Å². The fourth-order valence-corrected chi connectivity index (χ4v) is 1.65. The zero-order valence-electron chi connectivity index (χ0n) is 8.84. The topological polar surface area (TPSA) is 63.8 Å². The number of thioether (sulfide) groups is 1. The Hall–Kier alpha value is -1.75. The number of rotatable bonds is 3. The molecule has 0 saturated heterocycles. The fourth-order valence-electron chi connectivity index (χ4n) is 1.27. The Balaban J connectivity index is 2.24. The van der Waals surface area contributed by atoms with Crippen molar-refractivity contribution in [2.75, 3.05) is 17.3 Å². The molecule has 5 heteroatoms. The van der Waals surface area contributed by atoms with Crippen molar-refractivity contribution in [1.29, 1.82) is 0 Å². The Morgan fingerprint density at radius 2 is 1.94 bits per heavy atom. The first-order valence-corrected chi connectivity index (χ1v) is 6.01. The number of benzene rings is 1. The van der Waals surface area contributed by atoms with Gasteiger partial charge in [0.05, 0.1) is 0 Å². The molecule has 0 unspecified atom stereocenters.